The fourth-order valence-corrected chi connectivity index (χ4v) is 4.21. The molecule has 0 bridgehead atoms. The summed E-state index contributed by atoms with van der Waals surface area (Å²) in [6.07, 6.45) is 0.167. The van der Waals surface area contributed by atoms with Crippen LogP contribution < -0.4 is 16.0 Å². The molecule has 14 heteroatoms. The molecule has 1 fully saturated rings. The van der Waals surface area contributed by atoms with E-state index in [9.17, 15) is 27.2 Å². The average molecular weight is 509 g/mol. The van der Waals surface area contributed by atoms with E-state index in [1.165, 1.54) is 23.4 Å². The van der Waals surface area contributed by atoms with E-state index >= 15 is 0 Å². The summed E-state index contributed by atoms with van der Waals surface area (Å²) in [5.41, 5.74) is 0.603. The van der Waals surface area contributed by atoms with Crippen LogP contribution in [0.4, 0.5) is 34.1 Å². The zero-order valence-electron chi connectivity index (χ0n) is 18.2. The van der Waals surface area contributed by atoms with Gasteiger partial charge >= 0.3 is 0 Å². The van der Waals surface area contributed by atoms with Gasteiger partial charge in [-0.3, -0.25) is 19.5 Å². The van der Waals surface area contributed by atoms with Gasteiger partial charge in [-0.05, 0) is 30.6 Å². The minimum Gasteiger partial charge on any atom is -0.345 e. The summed E-state index contributed by atoms with van der Waals surface area (Å²) in [6, 6.07) is 2.71. The maximum atomic E-state index is 13.5. The molecule has 1 saturated heterocycles. The highest BCUT2D eigenvalue weighted by Gasteiger charge is 2.30. The van der Waals surface area contributed by atoms with Crippen LogP contribution in [0.2, 0.25) is 0 Å². The van der Waals surface area contributed by atoms with Crippen LogP contribution in [0.1, 0.15) is 26.5 Å². The number of benzene rings is 1. The first-order chi connectivity index (χ1) is 16.7. The van der Waals surface area contributed by atoms with Crippen LogP contribution in [0.15, 0.2) is 30.6 Å². The van der Waals surface area contributed by atoms with Crippen LogP contribution >= 0.6 is 11.5 Å². The first kappa shape index (κ1) is 24.5. The molecule has 9 nitrogen and oxygen atoms in total. The van der Waals surface area contributed by atoms with E-state index in [0.717, 1.165) is 23.7 Å². The molecule has 1 aliphatic rings. The molecule has 35 heavy (non-hydrogen) atoms. The zero-order chi connectivity index (χ0) is 25.1. The smallest absolute Gasteiger partial charge is 0.271 e. The third kappa shape index (κ3) is 5.89. The van der Waals surface area contributed by atoms with E-state index in [0.29, 0.717) is 23.8 Å². The van der Waals surface area contributed by atoms with Gasteiger partial charge in [-0.15, -0.1) is 0 Å². The number of likely N-dealkylation sites (tertiary alicyclic amines) is 1. The molecule has 0 unspecified atom stereocenters. The van der Waals surface area contributed by atoms with Crippen LogP contribution in [0.25, 0.3) is 0 Å². The van der Waals surface area contributed by atoms with Gasteiger partial charge in [0.05, 0.1) is 36.2 Å². The monoisotopic (exact) mass is 509 g/mol. The highest BCUT2D eigenvalue weighted by atomic mass is 32.1. The second kappa shape index (κ2) is 10.3. The number of anilines is 3. The van der Waals surface area contributed by atoms with E-state index in [-0.39, 0.29) is 35.3 Å². The lowest BCUT2D eigenvalue weighted by atomic mass is 10.1. The zero-order valence-corrected chi connectivity index (χ0v) is 19.0. The Morgan fingerprint density at radius 1 is 1.17 bits per heavy atom. The van der Waals surface area contributed by atoms with Crippen LogP contribution in [-0.4, -0.2) is 63.2 Å². The number of carbonyl (C=O) groups is 2. The number of hydrogen-bond acceptors (Lipinski definition) is 8. The number of aromatic nitrogens is 3. The molecule has 0 aliphatic carbocycles. The van der Waals surface area contributed by atoms with Crippen molar-refractivity contribution >= 4 is 39.9 Å². The molecule has 2 aromatic heterocycles. The predicted molar refractivity (Wildman–Crippen MR) is 120 cm³/mol. The Morgan fingerprint density at radius 2 is 1.94 bits per heavy atom. The van der Waals surface area contributed by atoms with Crippen molar-refractivity contribution in [1.29, 1.82) is 0 Å². The Bertz CT molecular complexity index is 1250. The molecule has 1 aromatic carbocycles. The number of nitrogens with one attached hydrogen (secondary N) is 3. The summed E-state index contributed by atoms with van der Waals surface area (Å²) in [6.45, 7) is 1.90. The summed E-state index contributed by atoms with van der Waals surface area (Å²) >= 11 is 0.967. The van der Waals surface area contributed by atoms with Gasteiger partial charge in [0.15, 0.2) is 11.6 Å². The number of rotatable bonds is 8. The molecule has 0 saturated carbocycles. The fourth-order valence-electron chi connectivity index (χ4n) is 3.41. The Labute approximate surface area is 200 Å². The number of halogens is 4. The standard InChI is InChI=1S/C21H19F4N7O2S/c1-10-18(20(34)27-11-2-3-13(22)14(23)4-11)21(35-31-10)30-17-6-26-5-15(29-17)19(33)28-12-7-32(8-12)9-16(24)25/h2-6,12,16H,7-9H2,1H3,(H,27,34)(H,28,33)(H,29,30). The van der Waals surface area contributed by atoms with Crippen molar-refractivity contribution in [2.75, 3.05) is 30.3 Å². The van der Waals surface area contributed by atoms with Crippen molar-refractivity contribution in [2.24, 2.45) is 0 Å². The second-order valence-electron chi connectivity index (χ2n) is 7.75. The molecule has 0 radical (unpaired) electrons. The summed E-state index contributed by atoms with van der Waals surface area (Å²) < 4.78 is 55.5. The van der Waals surface area contributed by atoms with Crippen LogP contribution in [0.5, 0.6) is 0 Å². The molecule has 3 aromatic rings. The third-order valence-electron chi connectivity index (χ3n) is 5.06. The van der Waals surface area contributed by atoms with Crippen molar-refractivity contribution in [1.82, 2.24) is 24.6 Å². The topological polar surface area (TPSA) is 112 Å². The fraction of sp³-hybridized carbons (Fsp3) is 0.286. The van der Waals surface area contributed by atoms with E-state index in [4.69, 9.17) is 0 Å². The number of amides is 2. The molecular weight excluding hydrogens is 490 g/mol. The number of nitrogens with zero attached hydrogens (tertiary/aromatic N) is 4. The Kier molecular flexibility index (Phi) is 7.21. The molecule has 0 atom stereocenters. The highest BCUT2D eigenvalue weighted by molar-refractivity contribution is 7.10. The van der Waals surface area contributed by atoms with E-state index < -0.39 is 29.9 Å². The average Bonchev–Trinajstić information content (AvgIpc) is 3.14. The maximum Gasteiger partial charge on any atom is 0.271 e. The van der Waals surface area contributed by atoms with Crippen LogP contribution in [-0.2, 0) is 0 Å². The van der Waals surface area contributed by atoms with Crippen molar-refractivity contribution in [3.8, 4) is 0 Å². The van der Waals surface area contributed by atoms with E-state index in [1.807, 2.05) is 0 Å². The van der Waals surface area contributed by atoms with Gasteiger partial charge in [0.1, 0.15) is 16.5 Å². The quantitative estimate of drug-likeness (QED) is 0.400. The minimum atomic E-state index is -2.43. The first-order valence-electron chi connectivity index (χ1n) is 10.3. The molecule has 4 rings (SSSR count). The predicted octanol–water partition coefficient (Wildman–Crippen LogP) is 3.19. The molecule has 3 heterocycles. The third-order valence-corrected chi connectivity index (χ3v) is 5.92. The SMILES string of the molecule is Cc1nsc(Nc2cncc(C(=O)NC3CN(CC(F)F)C3)n2)c1C(=O)Nc1ccc(F)c(F)c1. The molecule has 0 spiro atoms. The van der Waals surface area contributed by atoms with Gasteiger partial charge in [-0.25, -0.2) is 22.5 Å². The Hall–Kier alpha value is -3.65. The molecule has 3 N–H and O–H groups in total. The van der Waals surface area contributed by atoms with Crippen molar-refractivity contribution in [2.45, 2.75) is 19.4 Å². The van der Waals surface area contributed by atoms with Gasteiger partial charge in [-0.2, -0.15) is 4.37 Å². The van der Waals surface area contributed by atoms with E-state index in [2.05, 4.69) is 30.3 Å². The van der Waals surface area contributed by atoms with Gasteiger partial charge in [0.2, 0.25) is 0 Å². The number of carbonyl (C=O) groups excluding carboxylic acids is 2. The Morgan fingerprint density at radius 3 is 2.66 bits per heavy atom. The summed E-state index contributed by atoms with van der Waals surface area (Å²) in [5, 5.41) is 8.40. The Balaban J connectivity index is 1.42. The van der Waals surface area contributed by atoms with Crippen molar-refractivity contribution in [3.63, 3.8) is 0 Å². The van der Waals surface area contributed by atoms with Crippen molar-refractivity contribution in [3.05, 3.63) is 59.2 Å². The number of alkyl halides is 2. The summed E-state index contributed by atoms with van der Waals surface area (Å²) in [7, 11) is 0. The van der Waals surface area contributed by atoms with Crippen LogP contribution in [0.3, 0.4) is 0 Å². The van der Waals surface area contributed by atoms with Crippen LogP contribution in [0, 0.1) is 18.6 Å². The lowest BCUT2D eigenvalue weighted by Gasteiger charge is -2.39. The summed E-state index contributed by atoms with van der Waals surface area (Å²) in [4.78, 5) is 35.0. The largest absolute Gasteiger partial charge is 0.345 e. The molecule has 2 amide bonds. The number of hydrogen-bond donors (Lipinski definition) is 3. The summed E-state index contributed by atoms with van der Waals surface area (Å²) in [5.74, 6) is -3.10. The molecular formula is C21H19F4N7O2S. The lowest BCUT2D eigenvalue weighted by Crippen LogP contribution is -2.60. The van der Waals surface area contributed by atoms with E-state index in [1.54, 1.807) is 6.92 Å². The van der Waals surface area contributed by atoms with Gasteiger partial charge in [0.25, 0.3) is 18.2 Å². The normalized spacial score (nSPS) is 14.0. The lowest BCUT2D eigenvalue weighted by molar-refractivity contribution is 0.0378. The molecule has 1 aliphatic heterocycles. The van der Waals surface area contributed by atoms with Gasteiger partial charge in [0, 0.05) is 24.8 Å². The minimum absolute atomic E-state index is 0.00339. The van der Waals surface area contributed by atoms with Gasteiger partial charge < -0.3 is 16.0 Å². The van der Waals surface area contributed by atoms with Gasteiger partial charge in [-0.1, -0.05) is 0 Å². The molecule has 184 valence electrons. The maximum absolute atomic E-state index is 13.5. The highest BCUT2D eigenvalue weighted by Crippen LogP contribution is 2.28. The first-order valence-corrected chi connectivity index (χ1v) is 11.1. The second-order valence-corrected chi connectivity index (χ2v) is 8.52. The number of aryl methyl sites for hydroxylation is 1. The van der Waals surface area contributed by atoms with Crippen molar-refractivity contribution < 1.29 is 27.2 Å².